The molecule has 1 fully saturated rings. The predicted octanol–water partition coefficient (Wildman–Crippen LogP) is 0.0499. The van der Waals surface area contributed by atoms with Gasteiger partial charge >= 0.3 is 0 Å². The molecule has 0 radical (unpaired) electrons. The zero-order valence-corrected chi connectivity index (χ0v) is 16.0. The molecule has 0 bridgehead atoms. The molecule has 31 heavy (non-hydrogen) atoms. The lowest BCUT2D eigenvalue weighted by Crippen LogP contribution is -2.60. The van der Waals surface area contributed by atoms with Gasteiger partial charge in [0, 0.05) is 11.6 Å². The van der Waals surface area contributed by atoms with Gasteiger partial charge in [0.25, 0.3) is 0 Å². The van der Waals surface area contributed by atoms with Gasteiger partial charge in [-0.15, -0.1) is 0 Å². The van der Waals surface area contributed by atoms with E-state index in [0.29, 0.717) is 5.56 Å². The lowest BCUT2D eigenvalue weighted by atomic mass is 9.99. The zero-order chi connectivity index (χ0) is 22.3. The van der Waals surface area contributed by atoms with Gasteiger partial charge in [-0.25, -0.2) is 0 Å². The van der Waals surface area contributed by atoms with Crippen LogP contribution in [-0.4, -0.2) is 68.0 Å². The van der Waals surface area contributed by atoms with E-state index >= 15 is 0 Å². The molecular weight excluding hydrogens is 412 g/mol. The van der Waals surface area contributed by atoms with E-state index in [0.717, 1.165) is 0 Å². The Morgan fingerprint density at radius 3 is 2.26 bits per heavy atom. The number of benzene rings is 2. The van der Waals surface area contributed by atoms with Crippen LogP contribution in [-0.2, 0) is 4.74 Å². The van der Waals surface area contributed by atoms with Crippen molar-refractivity contribution in [3.63, 3.8) is 0 Å². The molecule has 1 saturated heterocycles. The fourth-order valence-corrected chi connectivity index (χ4v) is 3.36. The molecule has 0 spiro atoms. The van der Waals surface area contributed by atoms with Crippen molar-refractivity contribution in [2.45, 2.75) is 30.7 Å². The lowest BCUT2D eigenvalue weighted by Gasteiger charge is -2.39. The van der Waals surface area contributed by atoms with Gasteiger partial charge in [0.05, 0.1) is 12.0 Å². The number of rotatable bonds is 4. The number of fused-ring (bicyclic) bond motifs is 1. The average molecular weight is 432 g/mol. The molecule has 2 aromatic carbocycles. The van der Waals surface area contributed by atoms with Crippen molar-refractivity contribution in [3.8, 4) is 28.6 Å². The largest absolute Gasteiger partial charge is 0.508 e. The molecule has 164 valence electrons. The van der Waals surface area contributed by atoms with E-state index < -0.39 is 42.7 Å². The van der Waals surface area contributed by atoms with E-state index in [2.05, 4.69) is 0 Å². The van der Waals surface area contributed by atoms with Crippen molar-refractivity contribution in [2.24, 2.45) is 0 Å². The Morgan fingerprint density at radius 1 is 0.903 bits per heavy atom. The standard InChI is InChI=1S/C21H20O10/c22-8-14-16(26)17(27)18(28)21(30-14)31-20-15(25)12-6-5-11(24)7-13(12)29-19(20)9-1-3-10(23)4-2-9/h1-7,14,16-18,21-24,26-28H,8H2/t14-,16-,17-,18-,21+/m1/s1. The highest BCUT2D eigenvalue weighted by Gasteiger charge is 2.45. The Balaban J connectivity index is 1.85. The van der Waals surface area contributed by atoms with Crippen LogP contribution in [0.25, 0.3) is 22.3 Å². The van der Waals surface area contributed by atoms with Crippen molar-refractivity contribution < 1.29 is 44.5 Å². The highest BCUT2D eigenvalue weighted by atomic mass is 16.7. The second-order valence-corrected chi connectivity index (χ2v) is 7.13. The van der Waals surface area contributed by atoms with Gasteiger partial charge in [0.2, 0.25) is 17.5 Å². The van der Waals surface area contributed by atoms with E-state index in [9.17, 15) is 35.4 Å². The molecule has 1 aliphatic heterocycles. The molecule has 0 unspecified atom stereocenters. The van der Waals surface area contributed by atoms with Gasteiger partial charge < -0.3 is 44.5 Å². The third-order valence-corrected chi connectivity index (χ3v) is 5.05. The zero-order valence-electron chi connectivity index (χ0n) is 16.0. The second kappa shape index (κ2) is 8.17. The van der Waals surface area contributed by atoms with Crippen LogP contribution < -0.4 is 10.2 Å². The topological polar surface area (TPSA) is 170 Å². The fourth-order valence-electron chi connectivity index (χ4n) is 3.36. The number of phenolic OH excluding ortho intramolecular Hbond substituents is 2. The Hall–Kier alpha value is -3.15. The first kappa shape index (κ1) is 21.1. The average Bonchev–Trinajstić information content (AvgIpc) is 2.76. The van der Waals surface area contributed by atoms with E-state index in [1.807, 2.05) is 0 Å². The third-order valence-electron chi connectivity index (χ3n) is 5.05. The molecule has 0 aliphatic carbocycles. The first-order valence-electron chi connectivity index (χ1n) is 9.36. The SMILES string of the molecule is O=c1c(O[C@@H]2O[C@H](CO)[C@@H](O)[C@@H](O)[C@H]2O)c(-c2ccc(O)cc2)oc2cc(O)ccc12. The van der Waals surface area contributed by atoms with Gasteiger partial charge in [-0.1, -0.05) is 0 Å². The maximum Gasteiger partial charge on any atom is 0.235 e. The van der Waals surface area contributed by atoms with Crippen molar-refractivity contribution >= 4 is 11.0 Å². The summed E-state index contributed by atoms with van der Waals surface area (Å²) in [6.45, 7) is -0.665. The van der Waals surface area contributed by atoms with Crippen LogP contribution in [0, 0.1) is 0 Å². The summed E-state index contributed by atoms with van der Waals surface area (Å²) in [5.74, 6) is -0.607. The molecule has 4 rings (SSSR count). The summed E-state index contributed by atoms with van der Waals surface area (Å²) < 4.78 is 16.7. The van der Waals surface area contributed by atoms with Gasteiger partial charge in [-0.3, -0.25) is 4.79 Å². The minimum absolute atomic E-state index is 0.0269. The smallest absolute Gasteiger partial charge is 0.235 e. The van der Waals surface area contributed by atoms with Crippen molar-refractivity contribution in [2.75, 3.05) is 6.61 Å². The first-order valence-corrected chi connectivity index (χ1v) is 9.36. The molecule has 0 saturated carbocycles. The summed E-state index contributed by atoms with van der Waals surface area (Å²) in [6, 6.07) is 9.51. The molecule has 1 aliphatic rings. The van der Waals surface area contributed by atoms with E-state index in [-0.39, 0.29) is 34.0 Å². The number of phenols is 2. The van der Waals surface area contributed by atoms with E-state index in [1.165, 1.54) is 42.5 Å². The van der Waals surface area contributed by atoms with Crippen LogP contribution in [0.15, 0.2) is 51.7 Å². The molecule has 2 heterocycles. The number of hydrogen-bond acceptors (Lipinski definition) is 10. The summed E-state index contributed by atoms with van der Waals surface area (Å²) in [4.78, 5) is 13.2. The summed E-state index contributed by atoms with van der Waals surface area (Å²) in [5, 5.41) is 59.0. The highest BCUT2D eigenvalue weighted by molar-refractivity contribution is 5.83. The third kappa shape index (κ3) is 3.82. The molecule has 6 N–H and O–H groups in total. The Labute approximate surface area is 174 Å². The molecule has 0 amide bonds. The normalized spacial score (nSPS) is 26.1. The maximum atomic E-state index is 13.2. The molecule has 10 nitrogen and oxygen atoms in total. The Bertz CT molecular complexity index is 1140. The second-order valence-electron chi connectivity index (χ2n) is 7.13. The molecule has 10 heteroatoms. The minimum atomic E-state index is -1.74. The monoisotopic (exact) mass is 432 g/mol. The Morgan fingerprint density at radius 2 is 1.58 bits per heavy atom. The summed E-state index contributed by atoms with van der Waals surface area (Å²) in [7, 11) is 0. The lowest BCUT2D eigenvalue weighted by molar-refractivity contribution is -0.277. The van der Waals surface area contributed by atoms with Crippen LogP contribution in [0.4, 0.5) is 0 Å². The van der Waals surface area contributed by atoms with Gasteiger partial charge in [-0.2, -0.15) is 0 Å². The molecular formula is C21H20O10. The van der Waals surface area contributed by atoms with Gasteiger partial charge in [-0.05, 0) is 36.4 Å². The maximum absolute atomic E-state index is 13.2. The number of aromatic hydroxyl groups is 2. The quantitative estimate of drug-likeness (QED) is 0.331. The van der Waals surface area contributed by atoms with Crippen LogP contribution in [0.5, 0.6) is 17.2 Å². The van der Waals surface area contributed by atoms with Crippen LogP contribution in [0.2, 0.25) is 0 Å². The summed E-state index contributed by atoms with van der Waals surface area (Å²) in [5.41, 5.74) is -0.254. The van der Waals surface area contributed by atoms with Crippen molar-refractivity contribution in [1.82, 2.24) is 0 Å². The van der Waals surface area contributed by atoms with E-state index in [4.69, 9.17) is 13.9 Å². The summed E-state index contributed by atoms with van der Waals surface area (Å²) in [6.07, 6.45) is -7.86. The first-order chi connectivity index (χ1) is 14.8. The van der Waals surface area contributed by atoms with Crippen LogP contribution >= 0.6 is 0 Å². The predicted molar refractivity (Wildman–Crippen MR) is 106 cm³/mol. The van der Waals surface area contributed by atoms with Gasteiger partial charge in [0.1, 0.15) is 41.5 Å². The van der Waals surface area contributed by atoms with Crippen LogP contribution in [0.3, 0.4) is 0 Å². The summed E-state index contributed by atoms with van der Waals surface area (Å²) >= 11 is 0. The Kier molecular flexibility index (Phi) is 5.56. The molecule has 3 aromatic rings. The fraction of sp³-hybridized carbons (Fsp3) is 0.286. The number of hydrogen-bond donors (Lipinski definition) is 6. The molecule has 5 atom stereocenters. The number of ether oxygens (including phenoxy) is 2. The number of aliphatic hydroxyl groups is 4. The minimum Gasteiger partial charge on any atom is -0.508 e. The van der Waals surface area contributed by atoms with Crippen LogP contribution in [0.1, 0.15) is 0 Å². The number of aliphatic hydroxyl groups excluding tert-OH is 4. The molecule has 1 aromatic heterocycles. The highest BCUT2D eigenvalue weighted by Crippen LogP contribution is 2.34. The van der Waals surface area contributed by atoms with E-state index in [1.54, 1.807) is 0 Å². The van der Waals surface area contributed by atoms with Crippen molar-refractivity contribution in [3.05, 3.63) is 52.7 Å². The van der Waals surface area contributed by atoms with Crippen molar-refractivity contribution in [1.29, 1.82) is 0 Å². The van der Waals surface area contributed by atoms with Gasteiger partial charge in [0.15, 0.2) is 5.76 Å².